The molecule has 2 unspecified atom stereocenters. The number of thiol groups is 1. The number of aromatic amines is 1. The van der Waals surface area contributed by atoms with Gasteiger partial charge in [-0.15, -0.1) is 0 Å². The number of rotatable bonds is 1. The molecule has 0 spiro atoms. The lowest BCUT2D eigenvalue weighted by Gasteiger charge is -2.25. The van der Waals surface area contributed by atoms with Gasteiger partial charge in [-0.2, -0.15) is 4.98 Å². The van der Waals surface area contributed by atoms with Crippen molar-refractivity contribution >= 4 is 88.2 Å². The highest BCUT2D eigenvalue weighted by Gasteiger charge is 2.50. The van der Waals surface area contributed by atoms with Crippen LogP contribution >= 0.6 is 36.3 Å². The van der Waals surface area contributed by atoms with Gasteiger partial charge in [0.05, 0.1) is 18.2 Å². The Morgan fingerprint density at radius 3 is 2.88 bits per heavy atom. The zero-order chi connectivity index (χ0) is 29.1. The number of ether oxygens (including phenoxy) is 1. The molecule has 2 aliphatic heterocycles. The van der Waals surface area contributed by atoms with Gasteiger partial charge < -0.3 is 33.5 Å². The van der Waals surface area contributed by atoms with Crippen molar-refractivity contribution in [2.24, 2.45) is 0 Å². The van der Waals surface area contributed by atoms with Crippen LogP contribution in [0.1, 0.15) is 12.1 Å². The minimum Gasteiger partial charge on any atom is -0.369 e. The zero-order valence-corrected chi connectivity index (χ0v) is 25.5. The summed E-state index contributed by atoms with van der Waals surface area (Å²) >= 11 is 21.1. The first-order valence-electron chi connectivity index (χ1n) is 11.7. The molecule has 1 saturated heterocycles. The zero-order valence-electron chi connectivity index (χ0n) is 20.4. The van der Waals surface area contributed by atoms with Gasteiger partial charge in [0.15, 0.2) is 29.2 Å². The third-order valence-electron chi connectivity index (χ3n) is 6.21. The lowest BCUT2D eigenvalue weighted by Crippen LogP contribution is -2.32. The summed E-state index contributed by atoms with van der Waals surface area (Å²) in [6, 6.07) is 1.61. The molecule has 22 heteroatoms. The second-order valence-electron chi connectivity index (χ2n) is 8.87. The van der Waals surface area contributed by atoms with Crippen molar-refractivity contribution < 1.29 is 32.1 Å². The number of alkyl halides is 1. The predicted octanol–water partition coefficient (Wildman–Crippen LogP) is 2.36. The van der Waals surface area contributed by atoms with Gasteiger partial charge >= 0.3 is 6.72 Å². The molecule has 0 amide bonds. The molecule has 15 nitrogen and oxygen atoms in total. The highest BCUT2D eigenvalue weighted by Crippen LogP contribution is 2.55. The molecule has 2 bridgehead atoms. The molecule has 4 N–H and O–H groups in total. The summed E-state index contributed by atoms with van der Waals surface area (Å²) in [6.45, 7) is -4.63. The number of pyridine rings is 1. The predicted molar refractivity (Wildman–Crippen MR) is 155 cm³/mol. The summed E-state index contributed by atoms with van der Waals surface area (Å²) in [7, 11) is 0. The van der Waals surface area contributed by atoms with Gasteiger partial charge in [-0.1, -0.05) is 23.8 Å². The van der Waals surface area contributed by atoms with Crippen LogP contribution in [0.5, 0.6) is 0 Å². The van der Waals surface area contributed by atoms with Gasteiger partial charge in [-0.05, 0) is 29.7 Å². The molecule has 4 aromatic rings. The third kappa shape index (κ3) is 5.96. The first-order chi connectivity index (χ1) is 19.4. The average Bonchev–Trinajstić information content (AvgIpc) is 3.55. The Balaban J connectivity index is 1.38. The number of nitrogens with zero attached hydrogens (tertiary/aromatic N) is 6. The van der Waals surface area contributed by atoms with E-state index >= 15 is 4.39 Å². The summed E-state index contributed by atoms with van der Waals surface area (Å²) in [5.74, 6) is 0.143. The van der Waals surface area contributed by atoms with E-state index in [-0.39, 0.29) is 43.5 Å². The molecule has 0 saturated carbocycles. The minimum atomic E-state index is -4.15. The standard InChI is InChI=1S/C19H20ClFN8O7P2S3/c20-8-3-9-16(23-4-8)28-1-2-32-38(40,41)34-5-10-12(21)14(36-37(31,39)33-6-11(28)25-9)18(35-10)29-7-24-15-13(29)17(30)27-19(22)26-15/h3-4,7,10,12,14,18H,1-2,5-6H2,(H,31,39)(H,40,41)(H3,22,26,27,30)/t10-,12-,14-,18-,37?/m1/s1. The number of nitrogens with two attached hydrogens (primary N) is 1. The van der Waals surface area contributed by atoms with Gasteiger partial charge in [0.2, 0.25) is 11.6 Å². The number of nitrogen functional groups attached to an aromatic ring is 1. The van der Waals surface area contributed by atoms with E-state index in [0.717, 1.165) is 0 Å². The Bertz CT molecular complexity index is 1810. The van der Waals surface area contributed by atoms with Gasteiger partial charge in [0.25, 0.3) is 5.56 Å². The van der Waals surface area contributed by atoms with Gasteiger partial charge in [-0.25, -0.2) is 19.3 Å². The SMILES string of the molecule is Nc1nc2ncn([C@@H]3O[C@@H]4COP(=S)(S)OCCn5c(nc6cc(Cl)cnc65)COP(O)(=S)O[C@@H]3[C@@H]4F)c2c(=O)[nH]1. The summed E-state index contributed by atoms with van der Waals surface area (Å²) in [5.41, 5.74) is 2.60. The van der Waals surface area contributed by atoms with E-state index in [1.54, 1.807) is 10.6 Å². The van der Waals surface area contributed by atoms with Crippen LogP contribution in [0.25, 0.3) is 22.3 Å². The fraction of sp³-hybridized carbons (Fsp3) is 0.421. The monoisotopic (exact) mass is 684 g/mol. The summed E-state index contributed by atoms with van der Waals surface area (Å²) < 4.78 is 47.4. The van der Waals surface area contributed by atoms with E-state index in [0.29, 0.717) is 22.0 Å². The van der Waals surface area contributed by atoms with Gasteiger partial charge in [0, 0.05) is 12.7 Å². The second-order valence-corrected chi connectivity index (χ2v) is 17.4. The highest BCUT2D eigenvalue weighted by atomic mass is 35.5. The maximum Gasteiger partial charge on any atom is 0.325 e. The number of H-pyrrole nitrogens is 1. The maximum absolute atomic E-state index is 15.9. The number of anilines is 1. The smallest absolute Gasteiger partial charge is 0.325 e. The summed E-state index contributed by atoms with van der Waals surface area (Å²) in [6.07, 6.45) is -3.48. The Kier molecular flexibility index (Phi) is 8.02. The third-order valence-corrected chi connectivity index (χ3v) is 10.3. The maximum atomic E-state index is 15.9. The van der Waals surface area contributed by atoms with E-state index in [2.05, 4.69) is 37.2 Å². The molecule has 6 atom stereocenters. The van der Waals surface area contributed by atoms with Crippen LogP contribution < -0.4 is 11.3 Å². The Morgan fingerprint density at radius 1 is 1.27 bits per heavy atom. The summed E-state index contributed by atoms with van der Waals surface area (Å²) in [4.78, 5) is 42.9. The summed E-state index contributed by atoms with van der Waals surface area (Å²) in [5, 5.41) is 0.363. The average molecular weight is 685 g/mol. The molecular formula is C19H20ClFN8O7P2S3. The molecule has 6 rings (SSSR count). The Morgan fingerprint density at radius 2 is 2.07 bits per heavy atom. The number of halogens is 2. The molecular weight excluding hydrogens is 665 g/mol. The van der Waals surface area contributed by atoms with E-state index in [4.69, 9.17) is 63.8 Å². The van der Waals surface area contributed by atoms with Crippen molar-refractivity contribution in [3.63, 3.8) is 0 Å². The topological polar surface area (TPSA) is 187 Å². The molecule has 0 radical (unpaired) electrons. The Labute approximate surface area is 250 Å². The lowest BCUT2D eigenvalue weighted by molar-refractivity contribution is -0.0443. The number of fused-ring (bicyclic) bond motifs is 6. The molecule has 0 aliphatic carbocycles. The number of hydrogen-bond donors (Lipinski definition) is 4. The van der Waals surface area contributed by atoms with E-state index < -0.39 is 42.6 Å². The highest BCUT2D eigenvalue weighted by molar-refractivity contribution is 8.60. The second kappa shape index (κ2) is 11.2. The van der Waals surface area contributed by atoms with E-state index in [9.17, 15) is 9.69 Å². The Hall–Kier alpha value is -1.60. The number of aromatic nitrogens is 7. The fourth-order valence-corrected chi connectivity index (χ4v) is 7.53. The first kappa shape index (κ1) is 29.5. The number of imidazole rings is 2. The number of nitrogens with one attached hydrogen (secondary N) is 1. The van der Waals surface area contributed by atoms with Crippen LogP contribution in [0.4, 0.5) is 10.3 Å². The van der Waals surface area contributed by atoms with Crippen LogP contribution in [0.2, 0.25) is 5.02 Å². The van der Waals surface area contributed by atoms with Gasteiger partial charge in [-0.3, -0.25) is 18.9 Å². The molecule has 220 valence electrons. The van der Waals surface area contributed by atoms with E-state index in [1.165, 1.54) is 17.1 Å². The van der Waals surface area contributed by atoms with Crippen molar-refractivity contribution in [2.75, 3.05) is 18.9 Å². The van der Waals surface area contributed by atoms with Crippen molar-refractivity contribution in [1.29, 1.82) is 0 Å². The van der Waals surface area contributed by atoms with Crippen LogP contribution in [0, 0.1) is 0 Å². The van der Waals surface area contributed by atoms with Crippen molar-refractivity contribution in [3.8, 4) is 0 Å². The molecule has 41 heavy (non-hydrogen) atoms. The normalized spacial score (nSPS) is 31.6. The molecule has 1 fully saturated rings. The molecule has 0 aromatic carbocycles. The largest absolute Gasteiger partial charge is 0.369 e. The van der Waals surface area contributed by atoms with Crippen molar-refractivity contribution in [1.82, 2.24) is 34.1 Å². The van der Waals surface area contributed by atoms with Crippen LogP contribution in [0.3, 0.4) is 0 Å². The molecule has 6 heterocycles. The lowest BCUT2D eigenvalue weighted by atomic mass is 10.1. The van der Waals surface area contributed by atoms with Crippen LogP contribution in [-0.4, -0.2) is 70.5 Å². The van der Waals surface area contributed by atoms with Crippen LogP contribution in [0.15, 0.2) is 23.4 Å². The van der Waals surface area contributed by atoms with Crippen molar-refractivity contribution in [3.05, 3.63) is 39.8 Å². The number of hydrogen-bond acceptors (Lipinski definition) is 13. The molecule has 4 aromatic heterocycles. The quantitative estimate of drug-likeness (QED) is 0.169. The first-order valence-corrected chi connectivity index (χ1v) is 18.5. The van der Waals surface area contributed by atoms with E-state index in [1.807, 2.05) is 0 Å². The van der Waals surface area contributed by atoms with Gasteiger partial charge in [0.1, 0.15) is 36.5 Å². The van der Waals surface area contributed by atoms with Crippen molar-refractivity contribution in [2.45, 2.75) is 37.8 Å². The minimum absolute atomic E-state index is 0.0163. The fourth-order valence-electron chi connectivity index (χ4n) is 4.48. The van der Waals surface area contributed by atoms with Crippen LogP contribution in [-0.2, 0) is 59.6 Å². The molecule has 2 aliphatic rings.